The normalized spacial score (nSPS) is 12.9. The molecule has 0 aliphatic carbocycles. The predicted molar refractivity (Wildman–Crippen MR) is 74.3 cm³/mol. The van der Waals surface area contributed by atoms with Gasteiger partial charge in [-0.3, -0.25) is 11.3 Å². The van der Waals surface area contributed by atoms with Crippen molar-refractivity contribution in [2.45, 2.75) is 32.7 Å². The summed E-state index contributed by atoms with van der Waals surface area (Å²) in [6.45, 7) is 4.20. The number of rotatable bonds is 5. The van der Waals surface area contributed by atoms with Crippen LogP contribution >= 0.6 is 22.7 Å². The molecule has 1 unspecified atom stereocenters. The van der Waals surface area contributed by atoms with E-state index in [-0.39, 0.29) is 6.04 Å². The first-order valence-corrected chi connectivity index (χ1v) is 7.32. The van der Waals surface area contributed by atoms with Gasteiger partial charge in [0, 0.05) is 27.2 Å². The molecular weight excluding hydrogens is 250 g/mol. The van der Waals surface area contributed by atoms with Gasteiger partial charge in [0.2, 0.25) is 0 Å². The fourth-order valence-corrected chi connectivity index (χ4v) is 3.55. The van der Waals surface area contributed by atoms with Crippen LogP contribution in [-0.4, -0.2) is 4.98 Å². The maximum absolute atomic E-state index is 5.63. The molecule has 1 atom stereocenters. The zero-order chi connectivity index (χ0) is 12.3. The van der Waals surface area contributed by atoms with E-state index in [2.05, 4.69) is 29.5 Å². The molecule has 0 fully saturated rings. The van der Waals surface area contributed by atoms with Crippen molar-refractivity contribution in [3.05, 3.63) is 38.0 Å². The molecule has 2 aromatic rings. The molecule has 3 N–H and O–H groups in total. The van der Waals surface area contributed by atoms with Crippen molar-refractivity contribution in [1.29, 1.82) is 0 Å². The molecule has 0 aliphatic rings. The van der Waals surface area contributed by atoms with Gasteiger partial charge in [-0.05, 0) is 25.5 Å². The van der Waals surface area contributed by atoms with E-state index in [1.165, 1.54) is 14.6 Å². The van der Waals surface area contributed by atoms with Crippen LogP contribution in [0.1, 0.15) is 32.6 Å². The standard InChI is InChI=1S/C12H17N3S2/c1-3-9-4-5-10(17-9)6-11(15-13)12-7-14-8(2)16-12/h4-5,7,11,15H,3,6,13H2,1-2H3. The number of hydrogen-bond acceptors (Lipinski definition) is 5. The summed E-state index contributed by atoms with van der Waals surface area (Å²) in [5.41, 5.74) is 2.88. The molecule has 2 aromatic heterocycles. The van der Waals surface area contributed by atoms with E-state index in [9.17, 15) is 0 Å². The Bertz CT molecular complexity index is 476. The zero-order valence-electron chi connectivity index (χ0n) is 10.1. The lowest BCUT2D eigenvalue weighted by Gasteiger charge is -2.12. The highest BCUT2D eigenvalue weighted by Crippen LogP contribution is 2.26. The van der Waals surface area contributed by atoms with Crippen LogP contribution in [0.2, 0.25) is 0 Å². The summed E-state index contributed by atoms with van der Waals surface area (Å²) in [6.07, 6.45) is 3.95. The molecule has 0 aliphatic heterocycles. The van der Waals surface area contributed by atoms with Gasteiger partial charge < -0.3 is 0 Å². The fraction of sp³-hybridized carbons (Fsp3) is 0.417. The first-order valence-electron chi connectivity index (χ1n) is 5.69. The number of aryl methyl sites for hydroxylation is 2. The molecule has 3 nitrogen and oxygen atoms in total. The summed E-state index contributed by atoms with van der Waals surface area (Å²) in [5, 5.41) is 1.08. The second-order valence-electron chi connectivity index (χ2n) is 3.93. The van der Waals surface area contributed by atoms with Gasteiger partial charge in [-0.2, -0.15) is 0 Å². The first kappa shape index (κ1) is 12.7. The molecule has 0 saturated heterocycles. The summed E-state index contributed by atoms with van der Waals surface area (Å²) < 4.78 is 0. The third-order valence-electron chi connectivity index (χ3n) is 2.65. The summed E-state index contributed by atoms with van der Waals surface area (Å²) in [4.78, 5) is 8.28. The topological polar surface area (TPSA) is 50.9 Å². The van der Waals surface area contributed by atoms with Crippen LogP contribution in [-0.2, 0) is 12.8 Å². The van der Waals surface area contributed by atoms with E-state index in [0.717, 1.165) is 17.8 Å². The van der Waals surface area contributed by atoms with Crippen LogP contribution in [0.25, 0.3) is 0 Å². The van der Waals surface area contributed by atoms with Crippen molar-refractivity contribution in [2.75, 3.05) is 0 Å². The number of nitrogens with zero attached hydrogens (tertiary/aromatic N) is 1. The largest absolute Gasteiger partial charge is 0.271 e. The third-order valence-corrected chi connectivity index (χ3v) is 4.93. The minimum absolute atomic E-state index is 0.171. The van der Waals surface area contributed by atoms with Crippen molar-refractivity contribution in [3.8, 4) is 0 Å². The van der Waals surface area contributed by atoms with Gasteiger partial charge in [-0.15, -0.1) is 22.7 Å². The smallest absolute Gasteiger partial charge is 0.0897 e. The number of hydrogen-bond donors (Lipinski definition) is 2. The highest BCUT2D eigenvalue weighted by Gasteiger charge is 2.14. The maximum Gasteiger partial charge on any atom is 0.0897 e. The Kier molecular flexibility index (Phi) is 4.28. The Hall–Kier alpha value is -0.750. The number of thiophene rings is 1. The quantitative estimate of drug-likeness (QED) is 0.647. The first-order chi connectivity index (χ1) is 8.22. The lowest BCUT2D eigenvalue weighted by atomic mass is 10.1. The Labute approximate surface area is 110 Å². The average Bonchev–Trinajstić information content (AvgIpc) is 2.94. The summed E-state index contributed by atoms with van der Waals surface area (Å²) in [6, 6.07) is 4.57. The van der Waals surface area contributed by atoms with Crippen molar-refractivity contribution in [2.24, 2.45) is 5.84 Å². The predicted octanol–water partition coefficient (Wildman–Crippen LogP) is 2.82. The number of thiazole rings is 1. The minimum atomic E-state index is 0.171. The molecule has 17 heavy (non-hydrogen) atoms. The van der Waals surface area contributed by atoms with Crippen LogP contribution in [0, 0.1) is 6.92 Å². The third kappa shape index (κ3) is 3.13. The molecule has 5 heteroatoms. The zero-order valence-corrected chi connectivity index (χ0v) is 11.7. The van der Waals surface area contributed by atoms with E-state index in [1.54, 1.807) is 11.3 Å². The van der Waals surface area contributed by atoms with E-state index >= 15 is 0 Å². The highest BCUT2D eigenvalue weighted by atomic mass is 32.1. The molecule has 0 aromatic carbocycles. The summed E-state index contributed by atoms with van der Waals surface area (Å²) in [7, 11) is 0. The highest BCUT2D eigenvalue weighted by molar-refractivity contribution is 7.12. The lowest BCUT2D eigenvalue weighted by molar-refractivity contribution is 0.563. The van der Waals surface area contributed by atoms with Crippen LogP contribution in [0.15, 0.2) is 18.3 Å². The Morgan fingerprint density at radius 3 is 2.65 bits per heavy atom. The number of aromatic nitrogens is 1. The van der Waals surface area contributed by atoms with E-state index in [0.29, 0.717) is 0 Å². The van der Waals surface area contributed by atoms with Crippen molar-refractivity contribution in [3.63, 3.8) is 0 Å². The van der Waals surface area contributed by atoms with Crippen molar-refractivity contribution < 1.29 is 0 Å². The molecule has 0 spiro atoms. The summed E-state index contributed by atoms with van der Waals surface area (Å²) >= 11 is 3.57. The van der Waals surface area contributed by atoms with Crippen LogP contribution in [0.3, 0.4) is 0 Å². The second-order valence-corrected chi connectivity index (χ2v) is 6.45. The van der Waals surface area contributed by atoms with Crippen molar-refractivity contribution in [1.82, 2.24) is 10.4 Å². The SMILES string of the molecule is CCc1ccc(CC(NN)c2cnc(C)s2)s1. The van der Waals surface area contributed by atoms with Crippen molar-refractivity contribution >= 4 is 22.7 Å². The molecule has 2 heterocycles. The lowest BCUT2D eigenvalue weighted by Crippen LogP contribution is -2.28. The number of hydrazine groups is 1. The van der Waals surface area contributed by atoms with Gasteiger partial charge in [-0.1, -0.05) is 6.92 Å². The van der Waals surface area contributed by atoms with Gasteiger partial charge >= 0.3 is 0 Å². The van der Waals surface area contributed by atoms with Gasteiger partial charge in [-0.25, -0.2) is 4.98 Å². The van der Waals surface area contributed by atoms with E-state index < -0.39 is 0 Å². The molecule has 0 bridgehead atoms. The molecular formula is C12H17N3S2. The van der Waals surface area contributed by atoms with E-state index in [1.807, 2.05) is 24.5 Å². The molecule has 2 rings (SSSR count). The molecule has 0 saturated carbocycles. The molecule has 0 radical (unpaired) electrons. The Morgan fingerprint density at radius 2 is 2.12 bits per heavy atom. The van der Waals surface area contributed by atoms with Gasteiger partial charge in [0.15, 0.2) is 0 Å². The Balaban J connectivity index is 2.09. The minimum Gasteiger partial charge on any atom is -0.271 e. The Morgan fingerprint density at radius 1 is 1.35 bits per heavy atom. The number of nitrogens with two attached hydrogens (primary N) is 1. The van der Waals surface area contributed by atoms with Gasteiger partial charge in [0.1, 0.15) is 0 Å². The van der Waals surface area contributed by atoms with Crippen LogP contribution < -0.4 is 11.3 Å². The van der Waals surface area contributed by atoms with E-state index in [4.69, 9.17) is 5.84 Å². The maximum atomic E-state index is 5.63. The van der Waals surface area contributed by atoms with Crippen LogP contribution in [0.5, 0.6) is 0 Å². The summed E-state index contributed by atoms with van der Waals surface area (Å²) in [5.74, 6) is 5.63. The monoisotopic (exact) mass is 267 g/mol. The average molecular weight is 267 g/mol. The number of nitrogens with one attached hydrogen (secondary N) is 1. The molecule has 0 amide bonds. The fourth-order valence-electron chi connectivity index (χ4n) is 1.70. The van der Waals surface area contributed by atoms with Gasteiger partial charge in [0.25, 0.3) is 0 Å². The second kappa shape index (κ2) is 5.73. The van der Waals surface area contributed by atoms with Gasteiger partial charge in [0.05, 0.1) is 11.0 Å². The van der Waals surface area contributed by atoms with Crippen LogP contribution in [0.4, 0.5) is 0 Å². The molecule has 92 valence electrons.